The largest absolute Gasteiger partial charge is 0.456 e. The normalized spacial score (nSPS) is 15.3. The van der Waals surface area contributed by atoms with E-state index in [-0.39, 0.29) is 0 Å². The molecule has 3 aromatic carbocycles. The predicted molar refractivity (Wildman–Crippen MR) is 112 cm³/mol. The molecule has 1 aliphatic rings. The van der Waals surface area contributed by atoms with E-state index in [4.69, 9.17) is 4.74 Å². The summed E-state index contributed by atoms with van der Waals surface area (Å²) in [5.74, 6) is 4.61. The van der Waals surface area contributed by atoms with E-state index in [0.29, 0.717) is 11.5 Å². The monoisotopic (exact) mass is 373 g/mol. The fourth-order valence-corrected chi connectivity index (χ4v) is 4.86. The minimum atomic E-state index is -3.00. The van der Waals surface area contributed by atoms with Gasteiger partial charge in [0.05, 0.1) is 0 Å². The van der Waals surface area contributed by atoms with Crippen LogP contribution in [0.4, 0.5) is 5.69 Å². The van der Waals surface area contributed by atoms with Crippen molar-refractivity contribution in [3.05, 3.63) is 113 Å². The van der Waals surface area contributed by atoms with E-state index in [1.54, 1.807) is 11.6 Å². The Bertz CT molecular complexity index is 997. The third-order valence-corrected chi connectivity index (χ3v) is 6.12. The molecule has 0 fully saturated rings. The van der Waals surface area contributed by atoms with Gasteiger partial charge in [0.2, 0.25) is 7.29 Å². The van der Waals surface area contributed by atoms with Crippen molar-refractivity contribution in [3.8, 4) is 0 Å². The van der Waals surface area contributed by atoms with Crippen LogP contribution in [0.25, 0.3) is 11.5 Å². The number of hydrogen-bond acceptors (Lipinski definition) is 2. The number of benzene rings is 3. The van der Waals surface area contributed by atoms with Crippen molar-refractivity contribution in [1.29, 1.82) is 0 Å². The molecule has 1 aliphatic heterocycles. The van der Waals surface area contributed by atoms with Crippen LogP contribution in [0.2, 0.25) is 0 Å². The Hall–Kier alpha value is -3.03. The van der Waals surface area contributed by atoms with Crippen LogP contribution in [-0.2, 0) is 9.30 Å². The van der Waals surface area contributed by atoms with Crippen LogP contribution >= 0.6 is 7.29 Å². The van der Waals surface area contributed by atoms with E-state index >= 15 is 0 Å². The first kappa shape index (κ1) is 17.4. The third kappa shape index (κ3) is 4.05. The quantitative estimate of drug-likeness (QED) is 0.516. The minimum absolute atomic E-state index is 0.598. The summed E-state index contributed by atoms with van der Waals surface area (Å²) in [5, 5.41) is 3.22. The lowest BCUT2D eigenvalue weighted by Crippen LogP contribution is -2.03. The lowest BCUT2D eigenvalue weighted by molar-refractivity contribution is 0.469. The van der Waals surface area contributed by atoms with Gasteiger partial charge in [-0.15, -0.1) is 0 Å². The van der Waals surface area contributed by atoms with Crippen LogP contribution in [0.3, 0.4) is 0 Å². The van der Waals surface area contributed by atoms with Crippen molar-refractivity contribution in [2.24, 2.45) is 0 Å². The molecule has 1 N–H and O–H groups in total. The molecule has 27 heavy (non-hydrogen) atoms. The Morgan fingerprint density at radius 3 is 1.81 bits per heavy atom. The van der Waals surface area contributed by atoms with E-state index in [1.165, 1.54) is 0 Å². The fourth-order valence-electron chi connectivity index (χ4n) is 3.01. The van der Waals surface area contributed by atoms with Crippen molar-refractivity contribution in [1.82, 2.24) is 0 Å². The Morgan fingerprint density at radius 1 is 0.741 bits per heavy atom. The summed E-state index contributed by atoms with van der Waals surface area (Å²) in [4.78, 5) is 0. The van der Waals surface area contributed by atoms with Crippen molar-refractivity contribution >= 4 is 24.5 Å². The molecule has 1 heterocycles. The first-order valence-electron chi connectivity index (χ1n) is 8.80. The van der Waals surface area contributed by atoms with Gasteiger partial charge in [-0.2, -0.15) is 0 Å². The number of aryl methyl sites for hydroxylation is 1. The second kappa shape index (κ2) is 7.30. The van der Waals surface area contributed by atoms with Gasteiger partial charge in [-0.05, 0) is 24.6 Å². The number of anilines is 1. The molecule has 3 aromatic rings. The van der Waals surface area contributed by atoms with Crippen LogP contribution in [0.1, 0.15) is 16.7 Å². The van der Waals surface area contributed by atoms with Crippen LogP contribution < -0.4 is 5.09 Å². The van der Waals surface area contributed by atoms with Gasteiger partial charge < -0.3 is 9.82 Å². The molecule has 4 rings (SSSR count). The summed E-state index contributed by atoms with van der Waals surface area (Å²) in [5.41, 5.74) is 3.72. The van der Waals surface area contributed by atoms with Gasteiger partial charge in [-0.25, -0.2) is 0 Å². The van der Waals surface area contributed by atoms with Crippen LogP contribution in [0.5, 0.6) is 0 Å². The Labute approximate surface area is 159 Å². The average molecular weight is 373 g/mol. The van der Waals surface area contributed by atoms with Crippen molar-refractivity contribution in [2.45, 2.75) is 6.92 Å². The molecular formula is C23H20NO2P. The third-order valence-electron chi connectivity index (χ3n) is 4.28. The molecule has 0 bridgehead atoms. The van der Waals surface area contributed by atoms with Crippen molar-refractivity contribution in [3.63, 3.8) is 0 Å². The Balaban J connectivity index is 1.78. The maximum Gasteiger partial charge on any atom is 0.220 e. The van der Waals surface area contributed by atoms with Gasteiger partial charge >= 0.3 is 0 Å². The number of ether oxygens (including phenoxy) is 1. The Kier molecular flexibility index (Phi) is 4.70. The van der Waals surface area contributed by atoms with Gasteiger partial charge in [0.15, 0.2) is 0 Å². The first-order valence-corrected chi connectivity index (χ1v) is 10.6. The predicted octanol–water partition coefficient (Wildman–Crippen LogP) is 6.71. The molecule has 0 aromatic heterocycles. The van der Waals surface area contributed by atoms with Crippen LogP contribution in [-0.4, -0.2) is 0 Å². The summed E-state index contributed by atoms with van der Waals surface area (Å²) in [7, 11) is -3.00. The molecule has 134 valence electrons. The highest BCUT2D eigenvalue weighted by Gasteiger charge is 2.27. The average Bonchev–Trinajstić information content (AvgIpc) is 2.68. The maximum absolute atomic E-state index is 13.7. The van der Waals surface area contributed by atoms with Gasteiger partial charge in [-0.1, -0.05) is 72.8 Å². The molecule has 3 nitrogen and oxygen atoms in total. The van der Waals surface area contributed by atoms with Gasteiger partial charge in [0.25, 0.3) is 0 Å². The number of rotatable bonds is 4. The molecule has 0 aliphatic carbocycles. The summed E-state index contributed by atoms with van der Waals surface area (Å²) >= 11 is 0. The zero-order valence-corrected chi connectivity index (χ0v) is 15.9. The summed E-state index contributed by atoms with van der Waals surface area (Å²) in [6.45, 7) is 2.02. The molecule has 0 spiro atoms. The second-order valence-electron chi connectivity index (χ2n) is 6.51. The molecule has 0 atom stereocenters. The van der Waals surface area contributed by atoms with Crippen molar-refractivity contribution in [2.75, 3.05) is 5.09 Å². The van der Waals surface area contributed by atoms with E-state index in [2.05, 4.69) is 5.09 Å². The topological polar surface area (TPSA) is 38.3 Å². The lowest BCUT2D eigenvalue weighted by atomic mass is 10.2. The summed E-state index contributed by atoms with van der Waals surface area (Å²) in [6, 6.07) is 27.4. The SMILES string of the molecule is Cc1cccc(NP2(=O)C=C(c3ccccc3)OC(c3ccccc3)=C2)c1. The van der Waals surface area contributed by atoms with E-state index in [1.807, 2.05) is 91.9 Å². The highest BCUT2D eigenvalue weighted by atomic mass is 31.2. The minimum Gasteiger partial charge on any atom is -0.456 e. The zero-order valence-electron chi connectivity index (χ0n) is 15.0. The first-order chi connectivity index (χ1) is 13.1. The molecular weight excluding hydrogens is 353 g/mol. The highest BCUT2D eigenvalue weighted by Crippen LogP contribution is 2.56. The summed E-state index contributed by atoms with van der Waals surface area (Å²) in [6.07, 6.45) is 0. The van der Waals surface area contributed by atoms with Gasteiger partial charge in [0, 0.05) is 28.4 Å². The Morgan fingerprint density at radius 2 is 1.30 bits per heavy atom. The molecule has 0 amide bonds. The number of hydrogen-bond donors (Lipinski definition) is 1. The summed E-state index contributed by atoms with van der Waals surface area (Å²) < 4.78 is 19.9. The van der Waals surface area contributed by atoms with Crippen LogP contribution in [0.15, 0.2) is 96.6 Å². The van der Waals surface area contributed by atoms with E-state index in [0.717, 1.165) is 22.4 Å². The van der Waals surface area contributed by atoms with Crippen LogP contribution in [0, 0.1) is 6.92 Å². The van der Waals surface area contributed by atoms with Gasteiger partial charge in [-0.3, -0.25) is 4.57 Å². The lowest BCUT2D eigenvalue weighted by Gasteiger charge is -2.24. The van der Waals surface area contributed by atoms with E-state index in [9.17, 15) is 4.57 Å². The second-order valence-corrected chi connectivity index (χ2v) is 8.67. The molecule has 4 heteroatoms. The fraction of sp³-hybridized carbons (Fsp3) is 0.0435. The molecule has 0 saturated carbocycles. The zero-order chi connectivity index (χ0) is 18.7. The smallest absolute Gasteiger partial charge is 0.220 e. The molecule has 0 unspecified atom stereocenters. The maximum atomic E-state index is 13.7. The highest BCUT2D eigenvalue weighted by molar-refractivity contribution is 7.72. The number of nitrogens with one attached hydrogen (secondary N) is 1. The molecule has 0 radical (unpaired) electrons. The molecule has 0 saturated heterocycles. The standard InChI is InChI=1S/C23H20NO2P/c1-18-9-8-14-21(15-18)24-27(25)16-22(19-10-4-2-5-11-19)26-23(17-27)20-12-6-3-7-13-20/h2-17H,1H3,(H,24,25). The van der Waals surface area contributed by atoms with E-state index < -0.39 is 7.29 Å². The van der Waals surface area contributed by atoms with Gasteiger partial charge in [0.1, 0.15) is 11.5 Å². The van der Waals surface area contributed by atoms with Crippen molar-refractivity contribution < 1.29 is 9.30 Å².